The van der Waals surface area contributed by atoms with Crippen LogP contribution in [0.4, 0.5) is 0 Å². The van der Waals surface area contributed by atoms with Crippen molar-refractivity contribution in [2.24, 2.45) is 5.41 Å². The molecule has 11 heavy (non-hydrogen) atoms. The van der Waals surface area contributed by atoms with E-state index >= 15 is 0 Å². The molecule has 0 saturated carbocycles. The predicted molar refractivity (Wildman–Crippen MR) is 43.9 cm³/mol. The van der Waals surface area contributed by atoms with Crippen LogP contribution >= 0.6 is 0 Å². The summed E-state index contributed by atoms with van der Waals surface area (Å²) in [5.74, 6) is 0. The van der Waals surface area contributed by atoms with E-state index in [0.29, 0.717) is 0 Å². The van der Waals surface area contributed by atoms with E-state index in [0.717, 1.165) is 12.1 Å². The van der Waals surface area contributed by atoms with E-state index in [4.69, 9.17) is 0 Å². The van der Waals surface area contributed by atoms with Crippen LogP contribution in [0.3, 0.4) is 0 Å². The van der Waals surface area contributed by atoms with Crippen molar-refractivity contribution in [3.63, 3.8) is 0 Å². The Morgan fingerprint density at radius 2 is 2.45 bits per heavy atom. The second-order valence-electron chi connectivity index (χ2n) is 3.73. The van der Waals surface area contributed by atoms with Crippen LogP contribution in [0.1, 0.15) is 25.1 Å². The molecule has 0 aliphatic heterocycles. The number of aromatic amines is 1. The zero-order valence-electron chi connectivity index (χ0n) is 6.81. The van der Waals surface area contributed by atoms with Crippen molar-refractivity contribution < 1.29 is 0 Å². The van der Waals surface area contributed by atoms with Crippen LogP contribution in [0.25, 0.3) is 6.08 Å². The van der Waals surface area contributed by atoms with Crippen molar-refractivity contribution >= 4 is 6.08 Å². The number of fused-ring (bicyclic) bond motifs is 1. The molecule has 2 heteroatoms. The third-order valence-electron chi connectivity index (χ3n) is 2.03. The maximum atomic E-state index is 3.87. The van der Waals surface area contributed by atoms with Gasteiger partial charge in [-0.3, -0.25) is 5.10 Å². The number of allylic oxidation sites excluding steroid dienone is 1. The predicted octanol–water partition coefficient (Wildman–Crippen LogP) is 1.81. The van der Waals surface area contributed by atoms with Gasteiger partial charge in [0.2, 0.25) is 0 Å². The number of H-pyrrole nitrogens is 1. The van der Waals surface area contributed by atoms with E-state index in [2.05, 4.69) is 42.4 Å². The van der Waals surface area contributed by atoms with Gasteiger partial charge in [-0.15, -0.1) is 0 Å². The molecule has 1 radical (unpaired) electrons. The van der Waals surface area contributed by atoms with Gasteiger partial charge in [-0.1, -0.05) is 19.9 Å². The molecule has 0 unspecified atom stereocenters. The lowest BCUT2D eigenvalue weighted by atomic mass is 9.82. The quantitative estimate of drug-likeness (QED) is 0.595. The summed E-state index contributed by atoms with van der Waals surface area (Å²) < 4.78 is 0. The fourth-order valence-electron chi connectivity index (χ4n) is 1.38. The van der Waals surface area contributed by atoms with E-state index in [9.17, 15) is 0 Å². The highest BCUT2D eigenvalue weighted by Gasteiger charge is 2.21. The zero-order valence-corrected chi connectivity index (χ0v) is 6.81. The summed E-state index contributed by atoms with van der Waals surface area (Å²) in [4.78, 5) is 0. The van der Waals surface area contributed by atoms with Crippen molar-refractivity contribution in [3.8, 4) is 0 Å². The molecule has 0 aromatic carbocycles. The van der Waals surface area contributed by atoms with Crippen molar-refractivity contribution in [2.45, 2.75) is 20.3 Å². The number of nitrogens with one attached hydrogen (secondary N) is 1. The molecule has 1 aliphatic rings. The van der Waals surface area contributed by atoms with Crippen molar-refractivity contribution in [3.05, 3.63) is 23.5 Å². The van der Waals surface area contributed by atoms with Gasteiger partial charge in [0.25, 0.3) is 0 Å². The summed E-state index contributed by atoms with van der Waals surface area (Å²) in [6, 6.07) is 0. The van der Waals surface area contributed by atoms with Crippen LogP contribution < -0.4 is 0 Å². The molecule has 1 aromatic heterocycles. The second-order valence-corrected chi connectivity index (χ2v) is 3.73. The summed E-state index contributed by atoms with van der Waals surface area (Å²) in [5, 5.41) is 6.77. The highest BCUT2D eigenvalue weighted by molar-refractivity contribution is 5.52. The van der Waals surface area contributed by atoms with Gasteiger partial charge in [0.15, 0.2) is 0 Å². The molecule has 0 saturated heterocycles. The lowest BCUT2D eigenvalue weighted by Gasteiger charge is -2.22. The molecular formula is C9H11N2. The van der Waals surface area contributed by atoms with Gasteiger partial charge in [-0.05, 0) is 17.9 Å². The largest absolute Gasteiger partial charge is 0.277 e. The lowest BCUT2D eigenvalue weighted by molar-refractivity contribution is 0.474. The Morgan fingerprint density at radius 1 is 1.64 bits per heavy atom. The van der Waals surface area contributed by atoms with Crippen LogP contribution in [0.2, 0.25) is 0 Å². The summed E-state index contributed by atoms with van der Waals surface area (Å²) in [6.45, 7) is 4.43. The molecule has 1 aromatic rings. The lowest BCUT2D eigenvalue weighted by Crippen LogP contribution is -2.14. The van der Waals surface area contributed by atoms with E-state index < -0.39 is 0 Å². The van der Waals surface area contributed by atoms with E-state index in [1.54, 1.807) is 0 Å². The Kier molecular flexibility index (Phi) is 1.19. The molecule has 0 atom stereocenters. The molecule has 0 spiro atoms. The molecular weight excluding hydrogens is 136 g/mol. The monoisotopic (exact) mass is 147 g/mol. The van der Waals surface area contributed by atoms with E-state index in [1.165, 1.54) is 5.56 Å². The molecule has 1 N–H and O–H groups in total. The van der Waals surface area contributed by atoms with Crippen LogP contribution in [-0.2, 0) is 6.42 Å². The minimum absolute atomic E-state index is 0.271. The average Bonchev–Trinajstić information content (AvgIpc) is 2.31. The topological polar surface area (TPSA) is 28.7 Å². The highest BCUT2D eigenvalue weighted by atomic mass is 15.1. The Bertz CT molecular complexity index is 294. The minimum Gasteiger partial charge on any atom is -0.277 e. The van der Waals surface area contributed by atoms with Gasteiger partial charge >= 0.3 is 0 Å². The number of hydrogen-bond donors (Lipinski definition) is 1. The normalized spacial score (nSPS) is 19.8. The number of hydrogen-bond acceptors (Lipinski definition) is 1. The van der Waals surface area contributed by atoms with Crippen LogP contribution in [-0.4, -0.2) is 10.2 Å². The number of nitrogens with zero attached hydrogens (tertiary/aromatic N) is 1. The first-order chi connectivity index (χ1) is 5.17. The Labute approximate surface area is 66.3 Å². The van der Waals surface area contributed by atoms with Gasteiger partial charge in [-0.25, -0.2) is 0 Å². The SMILES string of the molecule is CC1(C)C=Cc2[nH]n[c]c2C1. The van der Waals surface area contributed by atoms with Crippen molar-refractivity contribution in [1.82, 2.24) is 10.2 Å². The molecule has 2 nitrogen and oxygen atoms in total. The first-order valence-corrected chi connectivity index (χ1v) is 3.82. The molecule has 1 aliphatic carbocycles. The summed E-state index contributed by atoms with van der Waals surface area (Å²) in [6.07, 6.45) is 8.29. The zero-order chi connectivity index (χ0) is 7.90. The fraction of sp³-hybridized carbons (Fsp3) is 0.444. The van der Waals surface area contributed by atoms with Crippen molar-refractivity contribution in [2.75, 3.05) is 0 Å². The van der Waals surface area contributed by atoms with Crippen LogP contribution in [0.15, 0.2) is 6.08 Å². The van der Waals surface area contributed by atoms with Gasteiger partial charge in [0, 0.05) is 5.56 Å². The van der Waals surface area contributed by atoms with E-state index in [-0.39, 0.29) is 5.41 Å². The van der Waals surface area contributed by atoms with Gasteiger partial charge in [-0.2, -0.15) is 5.10 Å². The highest BCUT2D eigenvalue weighted by Crippen LogP contribution is 2.29. The van der Waals surface area contributed by atoms with Gasteiger partial charge in [0.05, 0.1) is 5.69 Å². The number of aromatic nitrogens is 2. The minimum atomic E-state index is 0.271. The van der Waals surface area contributed by atoms with E-state index in [1.807, 2.05) is 0 Å². The summed E-state index contributed by atoms with van der Waals surface area (Å²) in [7, 11) is 0. The van der Waals surface area contributed by atoms with Gasteiger partial charge < -0.3 is 0 Å². The Balaban J connectivity index is 2.44. The summed E-state index contributed by atoms with van der Waals surface area (Å²) >= 11 is 0. The third-order valence-corrected chi connectivity index (χ3v) is 2.03. The average molecular weight is 147 g/mol. The number of rotatable bonds is 0. The first kappa shape index (κ1) is 6.65. The second kappa shape index (κ2) is 1.97. The fourth-order valence-corrected chi connectivity index (χ4v) is 1.38. The molecule has 0 bridgehead atoms. The first-order valence-electron chi connectivity index (χ1n) is 3.82. The third kappa shape index (κ3) is 1.09. The van der Waals surface area contributed by atoms with Crippen LogP contribution in [0.5, 0.6) is 0 Å². The Hall–Kier alpha value is -1.05. The molecule has 57 valence electrons. The van der Waals surface area contributed by atoms with Gasteiger partial charge in [0.1, 0.15) is 6.20 Å². The van der Waals surface area contributed by atoms with Crippen LogP contribution in [0, 0.1) is 11.6 Å². The Morgan fingerprint density at radius 3 is 3.27 bits per heavy atom. The standard InChI is InChI=1S/C9H11N2/c1-9(2)4-3-8-7(5-9)6-10-11-8/h3-4H,5H2,1-2H3,(H,10,11). The molecule has 2 rings (SSSR count). The maximum absolute atomic E-state index is 3.87. The molecule has 1 heterocycles. The molecule has 0 fully saturated rings. The molecule has 0 amide bonds. The maximum Gasteiger partial charge on any atom is 0.116 e. The van der Waals surface area contributed by atoms with Crippen molar-refractivity contribution in [1.29, 1.82) is 0 Å². The smallest absolute Gasteiger partial charge is 0.116 e. The summed E-state index contributed by atoms with van der Waals surface area (Å²) in [5.41, 5.74) is 2.59.